The average Bonchev–Trinajstić information content (AvgIpc) is 2.63. The molecule has 0 bridgehead atoms. The van der Waals surface area contributed by atoms with Crippen LogP contribution in [-0.2, 0) is 9.53 Å². The predicted molar refractivity (Wildman–Crippen MR) is 94.1 cm³/mol. The van der Waals surface area contributed by atoms with E-state index < -0.39 is 11.6 Å². The fraction of sp³-hybridized carbons (Fsp3) is 0.556. The second-order valence-electron chi connectivity index (χ2n) is 5.93. The van der Waals surface area contributed by atoms with Gasteiger partial charge in [0.2, 0.25) is 0 Å². The fourth-order valence-corrected chi connectivity index (χ4v) is 2.87. The van der Waals surface area contributed by atoms with E-state index in [9.17, 15) is 13.6 Å². The summed E-state index contributed by atoms with van der Waals surface area (Å²) < 4.78 is 36.8. The van der Waals surface area contributed by atoms with Crippen LogP contribution in [0.3, 0.4) is 0 Å². The Morgan fingerprint density at radius 1 is 1.42 bits per heavy atom. The van der Waals surface area contributed by atoms with Gasteiger partial charge < -0.3 is 19.7 Å². The van der Waals surface area contributed by atoms with E-state index >= 15 is 0 Å². The Labute approximate surface area is 152 Å². The number of nitrogens with zero attached hydrogens (tertiary/aromatic N) is 2. The van der Waals surface area contributed by atoms with Gasteiger partial charge in [-0.2, -0.15) is 0 Å². The first-order valence-electron chi connectivity index (χ1n) is 8.75. The maximum Gasteiger partial charge on any atom is 0.310 e. The number of hydrogen-bond acceptors (Lipinski definition) is 4. The Balaban J connectivity index is 1.80. The van der Waals surface area contributed by atoms with Crippen molar-refractivity contribution >= 4 is 11.9 Å². The molecule has 1 heterocycles. The minimum atomic E-state index is -0.734. The summed E-state index contributed by atoms with van der Waals surface area (Å²) >= 11 is 0. The number of guanidine groups is 1. The smallest absolute Gasteiger partial charge is 0.310 e. The molecule has 6 nitrogen and oxygen atoms in total. The number of esters is 1. The van der Waals surface area contributed by atoms with Crippen molar-refractivity contribution in [1.82, 2.24) is 10.2 Å². The van der Waals surface area contributed by atoms with Gasteiger partial charge in [0.15, 0.2) is 17.5 Å². The lowest BCUT2D eigenvalue weighted by atomic mass is 9.98. The third-order valence-corrected chi connectivity index (χ3v) is 4.09. The van der Waals surface area contributed by atoms with Gasteiger partial charge in [0, 0.05) is 26.2 Å². The Bertz CT molecular complexity index is 640. The van der Waals surface area contributed by atoms with Crippen LogP contribution in [-0.4, -0.2) is 56.7 Å². The van der Waals surface area contributed by atoms with Gasteiger partial charge in [-0.1, -0.05) is 0 Å². The highest BCUT2D eigenvalue weighted by Gasteiger charge is 2.28. The van der Waals surface area contributed by atoms with Crippen LogP contribution >= 0.6 is 0 Å². The highest BCUT2D eigenvalue weighted by Crippen LogP contribution is 2.18. The number of likely N-dealkylation sites (tertiary alicyclic amines) is 1. The molecule has 1 aromatic rings. The molecule has 144 valence electrons. The van der Waals surface area contributed by atoms with E-state index in [-0.39, 0.29) is 24.2 Å². The molecule has 1 N–H and O–H groups in total. The van der Waals surface area contributed by atoms with Gasteiger partial charge in [-0.25, -0.2) is 8.78 Å². The molecule has 1 saturated heterocycles. The monoisotopic (exact) mass is 369 g/mol. The van der Waals surface area contributed by atoms with Crippen molar-refractivity contribution in [2.45, 2.75) is 19.8 Å². The summed E-state index contributed by atoms with van der Waals surface area (Å²) in [6, 6.07) is 3.19. The number of ether oxygens (including phenoxy) is 2. The lowest BCUT2D eigenvalue weighted by Crippen LogP contribution is -2.49. The van der Waals surface area contributed by atoms with E-state index in [0.717, 1.165) is 31.5 Å². The summed E-state index contributed by atoms with van der Waals surface area (Å²) in [6.45, 7) is 4.10. The summed E-state index contributed by atoms with van der Waals surface area (Å²) in [5.74, 6) is -1.06. The van der Waals surface area contributed by atoms with Crippen LogP contribution in [0.1, 0.15) is 19.8 Å². The molecule has 1 aromatic carbocycles. The zero-order valence-corrected chi connectivity index (χ0v) is 15.1. The average molecular weight is 369 g/mol. The number of piperidine rings is 1. The molecular formula is C18H25F2N3O3. The summed E-state index contributed by atoms with van der Waals surface area (Å²) in [4.78, 5) is 18.2. The third kappa shape index (κ3) is 5.57. The standard InChI is InChI=1S/C18H25F2N3O3/c1-3-25-17(24)13-5-4-9-23(12-13)18(21-2)22-8-10-26-16-7-6-14(19)11-15(16)20/h6-7,11,13H,3-5,8-10,12H2,1-2H3,(H,21,22)/t13-/m1/s1. The topological polar surface area (TPSA) is 63.2 Å². The van der Waals surface area contributed by atoms with Gasteiger partial charge in [-0.15, -0.1) is 0 Å². The van der Waals surface area contributed by atoms with Crippen molar-refractivity contribution in [3.8, 4) is 5.75 Å². The maximum atomic E-state index is 13.5. The number of aliphatic imine (C=N–C) groups is 1. The second-order valence-corrected chi connectivity index (χ2v) is 5.93. The minimum Gasteiger partial charge on any atom is -0.489 e. The van der Waals surface area contributed by atoms with E-state index in [1.54, 1.807) is 14.0 Å². The number of halogens is 2. The third-order valence-electron chi connectivity index (χ3n) is 4.09. The quantitative estimate of drug-likeness (QED) is 0.360. The van der Waals surface area contributed by atoms with E-state index in [0.29, 0.717) is 25.7 Å². The van der Waals surface area contributed by atoms with Gasteiger partial charge in [0.25, 0.3) is 0 Å². The van der Waals surface area contributed by atoms with Crippen LogP contribution in [0.25, 0.3) is 0 Å². The lowest BCUT2D eigenvalue weighted by Gasteiger charge is -2.33. The summed E-state index contributed by atoms with van der Waals surface area (Å²) in [5.41, 5.74) is 0. The number of benzene rings is 1. The largest absolute Gasteiger partial charge is 0.489 e. The Morgan fingerprint density at radius 2 is 2.23 bits per heavy atom. The Morgan fingerprint density at radius 3 is 2.92 bits per heavy atom. The minimum absolute atomic E-state index is 0.00327. The van der Waals surface area contributed by atoms with Crippen LogP contribution in [0.4, 0.5) is 8.78 Å². The molecule has 0 saturated carbocycles. The SMILES string of the molecule is CCOC(=O)[C@@H]1CCCN(C(=NC)NCCOc2ccc(F)cc2F)C1. The van der Waals surface area contributed by atoms with Gasteiger partial charge in [-0.05, 0) is 31.9 Å². The van der Waals surface area contributed by atoms with E-state index in [4.69, 9.17) is 9.47 Å². The number of carbonyl (C=O) groups excluding carboxylic acids is 1. The van der Waals surface area contributed by atoms with E-state index in [2.05, 4.69) is 10.3 Å². The van der Waals surface area contributed by atoms with Gasteiger partial charge in [-0.3, -0.25) is 9.79 Å². The fourth-order valence-electron chi connectivity index (χ4n) is 2.87. The van der Waals surface area contributed by atoms with Crippen molar-refractivity contribution in [2.24, 2.45) is 10.9 Å². The molecule has 1 atom stereocenters. The normalized spacial score (nSPS) is 17.8. The summed E-state index contributed by atoms with van der Waals surface area (Å²) in [6.07, 6.45) is 1.68. The molecule has 1 fully saturated rings. The van der Waals surface area contributed by atoms with Crippen LogP contribution < -0.4 is 10.1 Å². The van der Waals surface area contributed by atoms with Crippen LogP contribution in [0.15, 0.2) is 23.2 Å². The molecule has 26 heavy (non-hydrogen) atoms. The molecular weight excluding hydrogens is 344 g/mol. The zero-order chi connectivity index (χ0) is 18.9. The number of hydrogen-bond donors (Lipinski definition) is 1. The lowest BCUT2D eigenvalue weighted by molar-refractivity contribution is -0.149. The highest BCUT2D eigenvalue weighted by atomic mass is 19.1. The molecule has 0 aromatic heterocycles. The van der Waals surface area contributed by atoms with E-state index in [1.807, 2.05) is 4.90 Å². The van der Waals surface area contributed by atoms with Crippen molar-refractivity contribution in [1.29, 1.82) is 0 Å². The molecule has 0 radical (unpaired) electrons. The van der Waals surface area contributed by atoms with Crippen LogP contribution in [0.2, 0.25) is 0 Å². The first-order valence-corrected chi connectivity index (χ1v) is 8.75. The van der Waals surface area contributed by atoms with Gasteiger partial charge >= 0.3 is 5.97 Å². The van der Waals surface area contributed by atoms with E-state index in [1.165, 1.54) is 6.07 Å². The predicted octanol–water partition coefficient (Wildman–Crippen LogP) is 2.19. The molecule has 0 spiro atoms. The molecule has 0 amide bonds. The molecule has 1 aliphatic rings. The molecule has 1 aliphatic heterocycles. The van der Waals surface area contributed by atoms with Crippen molar-refractivity contribution in [3.05, 3.63) is 29.8 Å². The first-order chi connectivity index (χ1) is 12.5. The first kappa shape index (κ1) is 19.9. The van der Waals surface area contributed by atoms with Crippen molar-refractivity contribution in [2.75, 3.05) is 39.9 Å². The molecule has 2 rings (SSSR count). The summed E-state index contributed by atoms with van der Waals surface area (Å²) in [5, 5.41) is 3.13. The number of rotatable bonds is 6. The van der Waals surface area contributed by atoms with Crippen LogP contribution in [0, 0.1) is 17.6 Å². The maximum absolute atomic E-state index is 13.5. The van der Waals surface area contributed by atoms with Crippen molar-refractivity contribution < 1.29 is 23.0 Å². The number of nitrogens with one attached hydrogen (secondary N) is 1. The summed E-state index contributed by atoms with van der Waals surface area (Å²) in [7, 11) is 1.66. The van der Waals surface area contributed by atoms with Gasteiger partial charge in [0.05, 0.1) is 19.1 Å². The van der Waals surface area contributed by atoms with Crippen LogP contribution in [0.5, 0.6) is 5.75 Å². The second kappa shape index (κ2) is 9.94. The zero-order valence-electron chi connectivity index (χ0n) is 15.1. The molecule has 0 unspecified atom stereocenters. The molecule has 0 aliphatic carbocycles. The Hall–Kier alpha value is -2.38. The Kier molecular flexibility index (Phi) is 7.62. The van der Waals surface area contributed by atoms with Crippen molar-refractivity contribution in [3.63, 3.8) is 0 Å². The molecule has 8 heteroatoms. The highest BCUT2D eigenvalue weighted by molar-refractivity contribution is 5.81. The number of carbonyl (C=O) groups is 1. The van der Waals surface area contributed by atoms with Gasteiger partial charge in [0.1, 0.15) is 12.4 Å².